The van der Waals surface area contributed by atoms with E-state index in [0.29, 0.717) is 11.8 Å². The fraction of sp³-hybridized carbons (Fsp3) is 0.724. The molecule has 31 heavy (non-hydrogen) atoms. The average molecular weight is 423 g/mol. The number of aliphatic hydroxyl groups excluding tert-OH is 2. The van der Waals surface area contributed by atoms with Crippen molar-refractivity contribution in [1.82, 2.24) is 0 Å². The number of rotatable bonds is 1. The average Bonchev–Trinajstić information content (AvgIpc) is 2.74. The molecule has 1 aromatic carbocycles. The van der Waals surface area contributed by atoms with Crippen LogP contribution in [0.25, 0.3) is 5.57 Å². The van der Waals surface area contributed by atoms with Crippen LogP contribution in [0.5, 0.6) is 0 Å². The van der Waals surface area contributed by atoms with Crippen molar-refractivity contribution in [1.29, 1.82) is 0 Å². The van der Waals surface area contributed by atoms with Crippen molar-refractivity contribution in [3.63, 3.8) is 0 Å². The maximum absolute atomic E-state index is 10.9. The Balaban J connectivity index is 1.64. The van der Waals surface area contributed by atoms with Crippen LogP contribution in [0, 0.1) is 47.3 Å². The summed E-state index contributed by atoms with van der Waals surface area (Å²) in [6.45, 7) is 14.5. The summed E-state index contributed by atoms with van der Waals surface area (Å²) >= 11 is 0. The first-order valence-corrected chi connectivity index (χ1v) is 12.6. The molecule has 170 valence electrons. The van der Waals surface area contributed by atoms with Gasteiger partial charge in [0.2, 0.25) is 0 Å². The van der Waals surface area contributed by atoms with Crippen LogP contribution >= 0.6 is 0 Å². The van der Waals surface area contributed by atoms with E-state index in [0.717, 1.165) is 25.7 Å². The zero-order chi connectivity index (χ0) is 22.4. The lowest BCUT2D eigenvalue weighted by Gasteiger charge is -2.69. The monoisotopic (exact) mass is 422 g/mol. The summed E-state index contributed by atoms with van der Waals surface area (Å²) in [4.78, 5) is 0. The second-order valence-electron chi connectivity index (χ2n) is 12.5. The lowest BCUT2D eigenvalue weighted by molar-refractivity contribution is -0.205. The van der Waals surface area contributed by atoms with Gasteiger partial charge < -0.3 is 10.2 Å². The van der Waals surface area contributed by atoms with Gasteiger partial charge in [-0.15, -0.1) is 0 Å². The van der Waals surface area contributed by atoms with Gasteiger partial charge in [0.15, 0.2) is 0 Å². The summed E-state index contributed by atoms with van der Waals surface area (Å²) < 4.78 is 0. The number of hydrogen-bond donors (Lipinski definition) is 2. The highest BCUT2D eigenvalue weighted by Gasteiger charge is 2.66. The van der Waals surface area contributed by atoms with E-state index >= 15 is 0 Å². The molecule has 4 aliphatic carbocycles. The van der Waals surface area contributed by atoms with Crippen molar-refractivity contribution in [3.05, 3.63) is 40.5 Å². The lowest BCUT2D eigenvalue weighted by Crippen LogP contribution is -2.64. The van der Waals surface area contributed by atoms with E-state index in [1.807, 2.05) is 0 Å². The van der Waals surface area contributed by atoms with Crippen LogP contribution in [-0.2, 0) is 6.42 Å². The van der Waals surface area contributed by atoms with Crippen molar-refractivity contribution in [2.45, 2.75) is 92.6 Å². The summed E-state index contributed by atoms with van der Waals surface area (Å²) in [5.74, 6) is 1.00. The summed E-state index contributed by atoms with van der Waals surface area (Å²) in [6.07, 6.45) is 10.0. The number of aryl methyl sites for hydroxylation is 2. The lowest BCUT2D eigenvalue weighted by atomic mass is 9.35. The van der Waals surface area contributed by atoms with Gasteiger partial charge >= 0.3 is 0 Å². The molecule has 2 saturated carbocycles. The molecule has 0 aromatic heterocycles. The van der Waals surface area contributed by atoms with Crippen LogP contribution in [0.4, 0.5) is 0 Å². The second-order valence-corrected chi connectivity index (χ2v) is 12.5. The third kappa shape index (κ3) is 2.53. The van der Waals surface area contributed by atoms with Crippen LogP contribution in [0.1, 0.15) is 88.5 Å². The molecular formula is C29H42O2. The normalized spacial score (nSPS) is 46.3. The molecule has 2 N–H and O–H groups in total. The molecule has 2 nitrogen and oxygen atoms in total. The number of aliphatic hydroxyl groups is 2. The Hall–Kier alpha value is -1.12. The topological polar surface area (TPSA) is 40.5 Å². The van der Waals surface area contributed by atoms with Gasteiger partial charge in [-0.25, -0.2) is 0 Å². The molecule has 5 rings (SSSR count). The molecule has 1 aromatic rings. The van der Waals surface area contributed by atoms with Gasteiger partial charge in [0.25, 0.3) is 0 Å². The molecule has 7 unspecified atom stereocenters. The Kier molecular flexibility index (Phi) is 4.69. The minimum atomic E-state index is -0.377. The minimum absolute atomic E-state index is 0.0993. The highest BCUT2D eigenvalue weighted by Crippen LogP contribution is 2.73. The largest absolute Gasteiger partial charge is 0.396 e. The number of allylic oxidation sites excluding steroid dienone is 2. The molecule has 2 fully saturated rings. The number of fused-ring (bicyclic) bond motifs is 7. The fourth-order valence-electron chi connectivity index (χ4n) is 9.17. The zero-order valence-corrected chi connectivity index (χ0v) is 20.5. The Bertz CT molecular complexity index is 946. The Morgan fingerprint density at radius 2 is 1.71 bits per heavy atom. The zero-order valence-electron chi connectivity index (χ0n) is 20.5. The maximum atomic E-state index is 10.9. The third-order valence-electron chi connectivity index (χ3n) is 11.6. The Morgan fingerprint density at radius 1 is 0.968 bits per heavy atom. The standard InChI is InChI=1S/C29H42O2/c1-18-7-8-20-11-15-28(5)21(25(20)19(18)2)9-10-23-26(3)14-13-24(31)27(4,17-30)22(26)12-16-29(23,28)6/h7-9,22-24,30-31H,10-17H2,1-6H3. The van der Waals surface area contributed by atoms with Crippen molar-refractivity contribution in [2.24, 2.45) is 33.5 Å². The first kappa shape index (κ1) is 21.7. The van der Waals surface area contributed by atoms with Crippen LogP contribution in [0.3, 0.4) is 0 Å². The minimum Gasteiger partial charge on any atom is -0.396 e. The molecule has 0 bridgehead atoms. The maximum Gasteiger partial charge on any atom is 0.0618 e. The van der Waals surface area contributed by atoms with Gasteiger partial charge in [0.1, 0.15) is 0 Å². The molecule has 0 amide bonds. The quantitative estimate of drug-likeness (QED) is 0.563. The smallest absolute Gasteiger partial charge is 0.0618 e. The number of hydrogen-bond acceptors (Lipinski definition) is 2. The number of benzene rings is 1. The van der Waals surface area contributed by atoms with E-state index in [1.54, 1.807) is 16.7 Å². The van der Waals surface area contributed by atoms with E-state index in [1.165, 1.54) is 30.4 Å². The summed E-state index contributed by atoms with van der Waals surface area (Å²) in [7, 11) is 0. The van der Waals surface area contributed by atoms with Crippen LogP contribution in [0.15, 0.2) is 18.2 Å². The van der Waals surface area contributed by atoms with Gasteiger partial charge in [-0.2, -0.15) is 0 Å². The summed E-state index contributed by atoms with van der Waals surface area (Å²) in [5.41, 5.74) is 7.87. The van der Waals surface area contributed by atoms with E-state index in [4.69, 9.17) is 0 Å². The predicted molar refractivity (Wildman–Crippen MR) is 128 cm³/mol. The highest BCUT2D eigenvalue weighted by molar-refractivity contribution is 5.79. The molecular weight excluding hydrogens is 380 g/mol. The van der Waals surface area contributed by atoms with E-state index in [-0.39, 0.29) is 34.4 Å². The van der Waals surface area contributed by atoms with Crippen LogP contribution in [-0.4, -0.2) is 22.9 Å². The molecule has 2 heteroatoms. The molecule has 0 aliphatic heterocycles. The second kappa shape index (κ2) is 6.70. The molecule has 7 atom stereocenters. The van der Waals surface area contributed by atoms with Gasteiger partial charge in [-0.3, -0.25) is 0 Å². The molecule has 4 aliphatic rings. The van der Waals surface area contributed by atoms with E-state index in [2.05, 4.69) is 59.8 Å². The predicted octanol–water partition coefficient (Wildman–Crippen LogP) is 6.24. The molecule has 0 saturated heterocycles. The van der Waals surface area contributed by atoms with Crippen molar-refractivity contribution in [2.75, 3.05) is 6.61 Å². The third-order valence-corrected chi connectivity index (χ3v) is 11.6. The van der Waals surface area contributed by atoms with Crippen LogP contribution < -0.4 is 0 Å². The summed E-state index contributed by atoms with van der Waals surface area (Å²) in [5, 5.41) is 21.2. The molecule has 0 radical (unpaired) electrons. The van der Waals surface area contributed by atoms with Gasteiger partial charge in [0, 0.05) is 5.41 Å². The SMILES string of the molecule is Cc1ccc2c(c1C)C1=CCC3C4(C)CCC(O)C(C)(CO)C4CCC3(C)C1(C)CC2. The molecule has 0 heterocycles. The Labute approximate surface area is 189 Å². The van der Waals surface area contributed by atoms with Gasteiger partial charge in [0.05, 0.1) is 12.7 Å². The fourth-order valence-corrected chi connectivity index (χ4v) is 9.17. The first-order valence-electron chi connectivity index (χ1n) is 12.6. The molecule has 0 spiro atoms. The van der Waals surface area contributed by atoms with Gasteiger partial charge in [-0.1, -0.05) is 45.9 Å². The van der Waals surface area contributed by atoms with E-state index in [9.17, 15) is 10.2 Å². The van der Waals surface area contributed by atoms with Crippen molar-refractivity contribution in [3.8, 4) is 0 Å². The summed E-state index contributed by atoms with van der Waals surface area (Å²) in [6, 6.07) is 4.68. The first-order chi connectivity index (χ1) is 14.5. The van der Waals surface area contributed by atoms with Gasteiger partial charge in [-0.05, 0) is 115 Å². The van der Waals surface area contributed by atoms with Crippen LogP contribution in [0.2, 0.25) is 0 Å². The van der Waals surface area contributed by atoms with E-state index < -0.39 is 0 Å². The van der Waals surface area contributed by atoms with Crippen molar-refractivity contribution >= 4 is 5.57 Å². The Morgan fingerprint density at radius 3 is 2.42 bits per heavy atom. The highest BCUT2D eigenvalue weighted by atomic mass is 16.3. The van der Waals surface area contributed by atoms with Crippen molar-refractivity contribution < 1.29 is 10.2 Å².